The van der Waals surface area contributed by atoms with Crippen LogP contribution < -0.4 is 10.6 Å². The number of rotatable bonds is 7. The summed E-state index contributed by atoms with van der Waals surface area (Å²) in [6, 6.07) is 5.30. The van der Waals surface area contributed by atoms with Gasteiger partial charge in [0.1, 0.15) is 11.8 Å². The summed E-state index contributed by atoms with van der Waals surface area (Å²) in [6.07, 6.45) is 1.40. The first-order valence-corrected chi connectivity index (χ1v) is 5.72. The Kier molecular flexibility index (Phi) is 5.83. The van der Waals surface area contributed by atoms with Gasteiger partial charge in [0.15, 0.2) is 0 Å². The lowest BCUT2D eigenvalue weighted by molar-refractivity contribution is -0.120. The largest absolute Gasteiger partial charge is 0.449 e. The molecule has 2 N–H and O–H groups in total. The lowest BCUT2D eigenvalue weighted by Crippen LogP contribution is -2.27. The highest BCUT2D eigenvalue weighted by Crippen LogP contribution is 2.05. The number of nitrogens with one attached hydrogen (secondary N) is 2. The number of carbonyl (C=O) groups is 1. The normalized spacial score (nSPS) is 9.88. The van der Waals surface area contributed by atoms with Crippen LogP contribution in [-0.2, 0) is 11.3 Å². The van der Waals surface area contributed by atoms with E-state index in [0.29, 0.717) is 31.0 Å². The molecule has 0 radical (unpaired) electrons. The van der Waals surface area contributed by atoms with Gasteiger partial charge in [-0.25, -0.2) is 0 Å². The van der Waals surface area contributed by atoms with Crippen LogP contribution in [0.4, 0.5) is 0 Å². The predicted octanol–water partition coefficient (Wildman–Crippen LogP) is 1.16. The zero-order valence-corrected chi connectivity index (χ0v) is 9.95. The molecule has 0 aliphatic carbocycles. The second kappa shape index (κ2) is 7.47. The number of nitrogens with zero attached hydrogens (tertiary/aromatic N) is 1. The molecule has 0 fully saturated rings. The van der Waals surface area contributed by atoms with E-state index >= 15 is 0 Å². The van der Waals surface area contributed by atoms with Gasteiger partial charge in [-0.2, -0.15) is 5.26 Å². The molecule has 92 valence electrons. The van der Waals surface area contributed by atoms with Crippen molar-refractivity contribution >= 4 is 5.91 Å². The second-order valence-corrected chi connectivity index (χ2v) is 3.65. The van der Waals surface area contributed by atoms with Crippen molar-refractivity contribution in [3.63, 3.8) is 0 Å². The van der Waals surface area contributed by atoms with E-state index in [1.165, 1.54) is 0 Å². The minimum atomic E-state index is 0.0523. The first-order chi connectivity index (χ1) is 8.26. The number of hydrogen-bond acceptors (Lipinski definition) is 4. The highest BCUT2D eigenvalue weighted by molar-refractivity contribution is 5.75. The van der Waals surface area contributed by atoms with E-state index in [9.17, 15) is 4.79 Å². The molecule has 1 aromatic heterocycles. The first-order valence-electron chi connectivity index (χ1n) is 5.72. The van der Waals surface area contributed by atoms with Crippen LogP contribution in [0.15, 0.2) is 16.5 Å². The molecule has 1 heterocycles. The molecule has 5 nitrogen and oxygen atoms in total. The molecule has 1 rings (SSSR count). The Morgan fingerprint density at radius 1 is 1.47 bits per heavy atom. The molecule has 0 aliphatic rings. The number of hydrogen-bond donors (Lipinski definition) is 2. The van der Waals surface area contributed by atoms with Gasteiger partial charge < -0.3 is 15.1 Å². The number of nitriles is 1. The van der Waals surface area contributed by atoms with Gasteiger partial charge in [0.25, 0.3) is 0 Å². The molecule has 0 spiro atoms. The van der Waals surface area contributed by atoms with Gasteiger partial charge in [0.2, 0.25) is 11.7 Å². The summed E-state index contributed by atoms with van der Waals surface area (Å²) < 4.78 is 5.18. The molecule has 0 saturated carbocycles. The van der Waals surface area contributed by atoms with Crippen molar-refractivity contribution in [3.8, 4) is 6.07 Å². The third kappa shape index (κ3) is 5.18. The minimum Gasteiger partial charge on any atom is -0.449 e. The Morgan fingerprint density at radius 3 is 2.94 bits per heavy atom. The summed E-state index contributed by atoms with van der Waals surface area (Å²) in [5, 5.41) is 14.4. The number of carbonyl (C=O) groups excluding carboxylic acids is 1. The van der Waals surface area contributed by atoms with Crippen LogP contribution in [0.3, 0.4) is 0 Å². The van der Waals surface area contributed by atoms with Crippen molar-refractivity contribution < 1.29 is 9.21 Å². The van der Waals surface area contributed by atoms with Gasteiger partial charge in [-0.3, -0.25) is 4.79 Å². The van der Waals surface area contributed by atoms with Crippen molar-refractivity contribution in [3.05, 3.63) is 23.7 Å². The van der Waals surface area contributed by atoms with E-state index in [4.69, 9.17) is 9.68 Å². The van der Waals surface area contributed by atoms with Crippen LogP contribution >= 0.6 is 0 Å². The maximum Gasteiger partial charge on any atom is 0.221 e. The molecule has 0 aliphatic heterocycles. The highest BCUT2D eigenvalue weighted by atomic mass is 16.3. The fraction of sp³-hybridized carbons (Fsp3) is 0.500. The zero-order chi connectivity index (χ0) is 12.5. The van der Waals surface area contributed by atoms with E-state index in [1.807, 2.05) is 13.0 Å². The SMILES string of the molecule is CCCNC(=O)CCNCc1ccc(C#N)o1. The Morgan fingerprint density at radius 2 is 2.29 bits per heavy atom. The Balaban J connectivity index is 2.12. The van der Waals surface area contributed by atoms with E-state index in [-0.39, 0.29) is 5.91 Å². The molecule has 0 bridgehead atoms. The third-order valence-electron chi connectivity index (χ3n) is 2.17. The van der Waals surface area contributed by atoms with Gasteiger partial charge >= 0.3 is 0 Å². The maximum absolute atomic E-state index is 11.2. The van der Waals surface area contributed by atoms with Crippen LogP contribution in [-0.4, -0.2) is 19.0 Å². The molecule has 0 saturated heterocycles. The Hall–Kier alpha value is -1.80. The highest BCUT2D eigenvalue weighted by Gasteiger charge is 2.02. The lowest BCUT2D eigenvalue weighted by Gasteiger charge is -2.04. The first kappa shape index (κ1) is 13.3. The van der Waals surface area contributed by atoms with Crippen molar-refractivity contribution in [1.82, 2.24) is 10.6 Å². The van der Waals surface area contributed by atoms with Gasteiger partial charge in [0, 0.05) is 19.5 Å². The third-order valence-corrected chi connectivity index (χ3v) is 2.17. The number of furan rings is 1. The van der Waals surface area contributed by atoms with Crippen LogP contribution in [0.2, 0.25) is 0 Å². The zero-order valence-electron chi connectivity index (χ0n) is 9.95. The van der Waals surface area contributed by atoms with Gasteiger partial charge in [0.05, 0.1) is 6.54 Å². The minimum absolute atomic E-state index is 0.0523. The topological polar surface area (TPSA) is 78.1 Å². The molecular weight excluding hydrogens is 218 g/mol. The fourth-order valence-corrected chi connectivity index (χ4v) is 1.30. The average molecular weight is 235 g/mol. The quantitative estimate of drug-likeness (QED) is 0.695. The number of amides is 1. The monoisotopic (exact) mass is 235 g/mol. The molecule has 1 amide bonds. The average Bonchev–Trinajstić information content (AvgIpc) is 2.80. The summed E-state index contributed by atoms with van der Waals surface area (Å²) in [5.74, 6) is 1.06. The molecule has 0 unspecified atom stereocenters. The fourth-order valence-electron chi connectivity index (χ4n) is 1.30. The maximum atomic E-state index is 11.2. The summed E-state index contributed by atoms with van der Waals surface area (Å²) in [6.45, 7) is 3.87. The van der Waals surface area contributed by atoms with E-state index in [2.05, 4.69) is 10.6 Å². The van der Waals surface area contributed by atoms with Crippen LogP contribution in [0.25, 0.3) is 0 Å². The molecule has 1 aromatic rings. The summed E-state index contributed by atoms with van der Waals surface area (Å²) >= 11 is 0. The summed E-state index contributed by atoms with van der Waals surface area (Å²) in [5.41, 5.74) is 0. The smallest absolute Gasteiger partial charge is 0.221 e. The van der Waals surface area contributed by atoms with Crippen LogP contribution in [0.5, 0.6) is 0 Å². The van der Waals surface area contributed by atoms with E-state index in [1.54, 1.807) is 12.1 Å². The lowest BCUT2D eigenvalue weighted by atomic mass is 10.3. The van der Waals surface area contributed by atoms with Crippen LogP contribution in [0, 0.1) is 11.3 Å². The molecule has 5 heteroatoms. The molecular formula is C12H17N3O2. The van der Waals surface area contributed by atoms with Crippen molar-refractivity contribution in [1.29, 1.82) is 5.26 Å². The van der Waals surface area contributed by atoms with Crippen molar-refractivity contribution in [2.75, 3.05) is 13.1 Å². The van der Waals surface area contributed by atoms with E-state index < -0.39 is 0 Å². The summed E-state index contributed by atoms with van der Waals surface area (Å²) in [7, 11) is 0. The standard InChI is InChI=1S/C12H17N3O2/c1-2-6-15-12(16)5-7-14-9-11-4-3-10(8-13)17-11/h3-4,14H,2,5-7,9H2,1H3,(H,15,16). The van der Waals surface area contributed by atoms with Crippen molar-refractivity contribution in [2.24, 2.45) is 0 Å². The molecule has 17 heavy (non-hydrogen) atoms. The van der Waals surface area contributed by atoms with Gasteiger partial charge in [-0.1, -0.05) is 6.92 Å². The van der Waals surface area contributed by atoms with Gasteiger partial charge in [-0.05, 0) is 18.6 Å². The molecule has 0 aromatic carbocycles. The predicted molar refractivity (Wildman–Crippen MR) is 63.0 cm³/mol. The van der Waals surface area contributed by atoms with E-state index in [0.717, 1.165) is 13.0 Å². The Labute approximate surface area is 101 Å². The van der Waals surface area contributed by atoms with Crippen molar-refractivity contribution in [2.45, 2.75) is 26.3 Å². The molecule has 0 atom stereocenters. The van der Waals surface area contributed by atoms with Crippen LogP contribution in [0.1, 0.15) is 31.3 Å². The second-order valence-electron chi connectivity index (χ2n) is 3.65. The summed E-state index contributed by atoms with van der Waals surface area (Å²) in [4.78, 5) is 11.2. The van der Waals surface area contributed by atoms with Gasteiger partial charge in [-0.15, -0.1) is 0 Å². The Bertz CT molecular complexity index is 393.